The number of amides is 1. The molecule has 0 aliphatic carbocycles. The van der Waals surface area contributed by atoms with E-state index in [4.69, 9.17) is 44.3 Å². The Morgan fingerprint density at radius 3 is 2.73 bits per heavy atom. The number of carbonyl (C=O) groups excluding carboxylic acids is 1. The van der Waals surface area contributed by atoms with Crippen LogP contribution in [0, 0.1) is 0 Å². The summed E-state index contributed by atoms with van der Waals surface area (Å²) in [4.78, 5) is 12.1. The Bertz CT molecular complexity index is 533. The Morgan fingerprint density at radius 1 is 1.32 bits per heavy atom. The summed E-state index contributed by atoms with van der Waals surface area (Å²) in [5, 5.41) is 3.67. The van der Waals surface area contributed by atoms with E-state index in [-0.39, 0.29) is 12.0 Å². The highest BCUT2D eigenvalue weighted by molar-refractivity contribution is 6.44. The van der Waals surface area contributed by atoms with Crippen molar-refractivity contribution in [3.63, 3.8) is 0 Å². The molecule has 0 spiro atoms. The lowest BCUT2D eigenvalue weighted by molar-refractivity contribution is -0.130. The van der Waals surface area contributed by atoms with Crippen molar-refractivity contribution in [2.45, 2.75) is 38.4 Å². The number of halogens is 3. The topological polar surface area (TPSA) is 47.6 Å². The second-order valence-corrected chi connectivity index (χ2v) is 6.42. The largest absolute Gasteiger partial charge is 0.376 e. The second kappa shape index (κ2) is 8.37. The van der Waals surface area contributed by atoms with E-state index in [1.165, 1.54) is 12.1 Å². The lowest BCUT2D eigenvalue weighted by Crippen LogP contribution is -2.32. The summed E-state index contributed by atoms with van der Waals surface area (Å²) in [5.41, 5.74) is 0.408. The van der Waals surface area contributed by atoms with Gasteiger partial charge in [0, 0.05) is 6.61 Å². The average Bonchev–Trinajstić information content (AvgIpc) is 2.51. The lowest BCUT2D eigenvalue weighted by atomic mass is 10.1. The van der Waals surface area contributed by atoms with Crippen LogP contribution in [0.4, 0.5) is 5.69 Å². The summed E-state index contributed by atoms with van der Waals surface area (Å²) < 4.78 is 11.1. The molecule has 1 N–H and O–H groups in total. The first-order chi connectivity index (χ1) is 10.5. The minimum absolute atomic E-state index is 0.0672. The van der Waals surface area contributed by atoms with Crippen molar-refractivity contribution < 1.29 is 14.3 Å². The predicted molar refractivity (Wildman–Crippen MR) is 89.1 cm³/mol. The van der Waals surface area contributed by atoms with Gasteiger partial charge >= 0.3 is 0 Å². The molecule has 4 nitrogen and oxygen atoms in total. The molecular weight excluding hydrogens is 349 g/mol. The molecule has 1 saturated heterocycles. The fraction of sp³-hybridized carbons (Fsp3) is 0.533. The molecule has 22 heavy (non-hydrogen) atoms. The first-order valence-corrected chi connectivity index (χ1v) is 8.29. The zero-order valence-corrected chi connectivity index (χ0v) is 14.5. The molecule has 1 aliphatic heterocycles. The van der Waals surface area contributed by atoms with Crippen molar-refractivity contribution >= 4 is 46.4 Å². The Kier molecular flexibility index (Phi) is 6.78. The van der Waals surface area contributed by atoms with Crippen LogP contribution in [0.2, 0.25) is 15.1 Å². The SMILES string of the molecule is CC(OCC1CCCCO1)C(=O)Nc1cc(Cl)c(Cl)cc1Cl. The maximum atomic E-state index is 12.1. The maximum absolute atomic E-state index is 12.1. The smallest absolute Gasteiger partial charge is 0.253 e. The number of nitrogens with one attached hydrogen (secondary N) is 1. The van der Waals surface area contributed by atoms with E-state index in [0.717, 1.165) is 25.9 Å². The summed E-state index contributed by atoms with van der Waals surface area (Å²) >= 11 is 17.8. The van der Waals surface area contributed by atoms with Gasteiger partial charge in [0.15, 0.2) is 0 Å². The van der Waals surface area contributed by atoms with Crippen molar-refractivity contribution in [1.82, 2.24) is 0 Å². The van der Waals surface area contributed by atoms with E-state index in [2.05, 4.69) is 5.32 Å². The minimum atomic E-state index is -0.615. The molecule has 0 bridgehead atoms. The highest BCUT2D eigenvalue weighted by Gasteiger charge is 2.20. The Balaban J connectivity index is 1.86. The summed E-state index contributed by atoms with van der Waals surface area (Å²) in [7, 11) is 0. The lowest BCUT2D eigenvalue weighted by Gasteiger charge is -2.24. The first kappa shape index (κ1) is 17.8. The van der Waals surface area contributed by atoms with Gasteiger partial charge in [-0.1, -0.05) is 34.8 Å². The molecule has 1 aromatic carbocycles. The summed E-state index contributed by atoms with van der Waals surface area (Å²) in [5.74, 6) is -0.295. The number of anilines is 1. The van der Waals surface area contributed by atoms with Crippen LogP contribution in [0.1, 0.15) is 26.2 Å². The van der Waals surface area contributed by atoms with Crippen LogP contribution in [0.5, 0.6) is 0 Å². The zero-order valence-electron chi connectivity index (χ0n) is 12.2. The molecule has 1 heterocycles. The molecule has 2 unspecified atom stereocenters. The van der Waals surface area contributed by atoms with Crippen LogP contribution in [0.15, 0.2) is 12.1 Å². The predicted octanol–water partition coefficient (Wildman–Crippen LogP) is 4.56. The van der Waals surface area contributed by atoms with Crippen molar-refractivity contribution in [2.75, 3.05) is 18.5 Å². The fourth-order valence-electron chi connectivity index (χ4n) is 2.12. The molecule has 7 heteroatoms. The van der Waals surface area contributed by atoms with Crippen molar-refractivity contribution in [2.24, 2.45) is 0 Å². The zero-order chi connectivity index (χ0) is 16.1. The second-order valence-electron chi connectivity index (χ2n) is 5.20. The molecule has 1 fully saturated rings. The van der Waals surface area contributed by atoms with E-state index in [1.54, 1.807) is 6.92 Å². The number of benzene rings is 1. The number of hydrogen-bond donors (Lipinski definition) is 1. The van der Waals surface area contributed by atoms with Crippen LogP contribution in [-0.2, 0) is 14.3 Å². The van der Waals surface area contributed by atoms with Gasteiger partial charge in [0.1, 0.15) is 6.10 Å². The average molecular weight is 367 g/mol. The third-order valence-corrected chi connectivity index (χ3v) is 4.48. The number of ether oxygens (including phenoxy) is 2. The first-order valence-electron chi connectivity index (χ1n) is 7.16. The van der Waals surface area contributed by atoms with E-state index < -0.39 is 6.10 Å². The summed E-state index contributed by atoms with van der Waals surface area (Å²) in [6.45, 7) is 2.85. The molecule has 0 aromatic heterocycles. The quantitative estimate of drug-likeness (QED) is 0.777. The van der Waals surface area contributed by atoms with Gasteiger partial charge in [0.05, 0.1) is 33.5 Å². The van der Waals surface area contributed by atoms with Gasteiger partial charge in [-0.2, -0.15) is 0 Å². The van der Waals surface area contributed by atoms with Crippen molar-refractivity contribution in [3.05, 3.63) is 27.2 Å². The van der Waals surface area contributed by atoms with Gasteiger partial charge in [0.2, 0.25) is 0 Å². The number of carbonyl (C=O) groups is 1. The highest BCUT2D eigenvalue weighted by atomic mass is 35.5. The van der Waals surface area contributed by atoms with Crippen LogP contribution in [0.3, 0.4) is 0 Å². The molecule has 1 aliphatic rings. The van der Waals surface area contributed by atoms with Crippen LogP contribution < -0.4 is 5.32 Å². The van der Waals surface area contributed by atoms with E-state index in [9.17, 15) is 4.79 Å². The van der Waals surface area contributed by atoms with Gasteiger partial charge in [-0.25, -0.2) is 0 Å². The van der Waals surface area contributed by atoms with E-state index in [1.807, 2.05) is 0 Å². The van der Waals surface area contributed by atoms with Crippen LogP contribution in [-0.4, -0.2) is 31.3 Å². The van der Waals surface area contributed by atoms with Gasteiger partial charge in [-0.3, -0.25) is 4.79 Å². The summed E-state index contributed by atoms with van der Waals surface area (Å²) in [6.07, 6.45) is 2.64. The molecule has 1 aromatic rings. The Morgan fingerprint density at radius 2 is 2.05 bits per heavy atom. The normalized spacial score (nSPS) is 19.7. The third-order valence-electron chi connectivity index (χ3n) is 3.44. The third kappa shape index (κ3) is 5.00. The van der Waals surface area contributed by atoms with E-state index >= 15 is 0 Å². The van der Waals surface area contributed by atoms with Gasteiger partial charge in [-0.05, 0) is 38.3 Å². The Hall–Kier alpha value is -0.520. The van der Waals surface area contributed by atoms with Gasteiger partial charge in [-0.15, -0.1) is 0 Å². The van der Waals surface area contributed by atoms with Crippen molar-refractivity contribution in [3.8, 4) is 0 Å². The standard InChI is InChI=1S/C15H18Cl3NO3/c1-9(22-8-10-4-2-3-5-21-10)15(20)19-14-7-12(17)11(16)6-13(14)18/h6-7,9-10H,2-5,8H2,1H3,(H,19,20). The van der Waals surface area contributed by atoms with Crippen LogP contribution >= 0.6 is 34.8 Å². The molecule has 0 radical (unpaired) electrons. The fourth-order valence-corrected chi connectivity index (χ4v) is 2.71. The van der Waals surface area contributed by atoms with Gasteiger partial charge < -0.3 is 14.8 Å². The molecule has 1 amide bonds. The molecule has 2 rings (SSSR count). The molecule has 122 valence electrons. The molecular formula is C15H18Cl3NO3. The number of rotatable bonds is 5. The van der Waals surface area contributed by atoms with Gasteiger partial charge in [0.25, 0.3) is 5.91 Å². The number of hydrogen-bond acceptors (Lipinski definition) is 3. The van der Waals surface area contributed by atoms with Crippen LogP contribution in [0.25, 0.3) is 0 Å². The Labute approximate surface area is 145 Å². The maximum Gasteiger partial charge on any atom is 0.253 e. The minimum Gasteiger partial charge on any atom is -0.376 e. The highest BCUT2D eigenvalue weighted by Crippen LogP contribution is 2.32. The van der Waals surface area contributed by atoms with E-state index in [0.29, 0.717) is 27.4 Å². The monoisotopic (exact) mass is 365 g/mol. The summed E-state index contributed by atoms with van der Waals surface area (Å²) in [6, 6.07) is 3.00. The molecule has 2 atom stereocenters. The van der Waals surface area contributed by atoms with Crippen molar-refractivity contribution in [1.29, 1.82) is 0 Å². The molecule has 0 saturated carbocycles.